The third kappa shape index (κ3) is 9.44. The predicted molar refractivity (Wildman–Crippen MR) is 102 cm³/mol. The lowest BCUT2D eigenvalue weighted by Crippen LogP contribution is -2.51. The maximum Gasteiger partial charge on any atom is 0.239 e. The number of nitrogens with one attached hydrogen (secondary N) is 3. The van der Waals surface area contributed by atoms with Gasteiger partial charge in [0.05, 0.1) is 11.3 Å². The Morgan fingerprint density at radius 3 is 1.95 bits per heavy atom. The summed E-state index contributed by atoms with van der Waals surface area (Å²) in [6.45, 7) is 9.22. The quantitative estimate of drug-likeness (QED) is 0.323. The number of nitrogens with zero attached hydrogens (tertiary/aromatic N) is 1. The van der Waals surface area contributed by atoms with Gasteiger partial charge >= 0.3 is 0 Å². The van der Waals surface area contributed by atoms with Crippen LogP contribution in [0.3, 0.4) is 0 Å². The molecule has 0 radical (unpaired) electrons. The second kappa shape index (κ2) is 8.90. The minimum atomic E-state index is -3.19. The first kappa shape index (κ1) is 23.7. The van der Waals surface area contributed by atoms with E-state index in [1.165, 1.54) is 6.26 Å². The molecule has 0 aromatic rings. The van der Waals surface area contributed by atoms with Crippen LogP contribution in [-0.2, 0) is 14.6 Å². The topological polar surface area (TPSA) is 99.7 Å². The highest BCUT2D eigenvalue weighted by molar-refractivity contribution is 14.0. The van der Waals surface area contributed by atoms with Crippen LogP contribution >= 0.6 is 24.0 Å². The summed E-state index contributed by atoms with van der Waals surface area (Å²) in [5.74, 6) is 0.226. The van der Waals surface area contributed by atoms with Gasteiger partial charge in [-0.1, -0.05) is 0 Å². The van der Waals surface area contributed by atoms with Crippen molar-refractivity contribution < 1.29 is 13.2 Å². The fourth-order valence-electron chi connectivity index (χ4n) is 1.27. The molecule has 0 bridgehead atoms. The molecule has 0 aromatic carbocycles. The van der Waals surface area contributed by atoms with Gasteiger partial charge in [0.1, 0.15) is 0 Å². The normalized spacial score (nSPS) is 13.1. The minimum Gasteiger partial charge on any atom is -0.355 e. The average Bonchev–Trinajstić information content (AvgIpc) is 2.25. The van der Waals surface area contributed by atoms with Crippen molar-refractivity contribution >= 4 is 45.7 Å². The smallest absolute Gasteiger partial charge is 0.239 e. The van der Waals surface area contributed by atoms with E-state index in [0.29, 0.717) is 5.96 Å². The fourth-order valence-corrected chi connectivity index (χ4v) is 1.61. The molecule has 0 aliphatic heterocycles. The van der Waals surface area contributed by atoms with Crippen LogP contribution in [0, 0.1) is 0 Å². The molecule has 0 atom stereocenters. The van der Waals surface area contributed by atoms with Gasteiger partial charge < -0.3 is 16.0 Å². The highest BCUT2D eigenvalue weighted by Crippen LogP contribution is 2.13. The first-order valence-corrected chi connectivity index (χ1v) is 8.63. The predicted octanol–water partition coefficient (Wildman–Crippen LogP) is 0.507. The molecule has 0 saturated carbocycles. The fraction of sp³-hybridized carbons (Fsp3) is 0.846. The molecule has 0 aliphatic rings. The molecule has 0 unspecified atom stereocenters. The third-order valence-electron chi connectivity index (χ3n) is 2.84. The van der Waals surface area contributed by atoms with E-state index in [0.717, 1.165) is 0 Å². The maximum absolute atomic E-state index is 11.7. The van der Waals surface area contributed by atoms with E-state index < -0.39 is 14.6 Å². The van der Waals surface area contributed by atoms with Crippen LogP contribution in [-0.4, -0.2) is 57.0 Å². The summed E-state index contributed by atoms with van der Waals surface area (Å²) in [7, 11) is -1.63. The lowest BCUT2D eigenvalue weighted by Gasteiger charge is -2.24. The zero-order valence-electron chi connectivity index (χ0n) is 14.4. The molecule has 0 aromatic heterocycles. The summed E-state index contributed by atoms with van der Waals surface area (Å²) in [5, 5.41) is 8.58. The second-order valence-corrected chi connectivity index (χ2v) is 9.26. The van der Waals surface area contributed by atoms with E-state index in [1.54, 1.807) is 20.9 Å². The number of carbonyl (C=O) groups is 1. The lowest BCUT2D eigenvalue weighted by atomic mass is 10.1. The van der Waals surface area contributed by atoms with Gasteiger partial charge in [-0.15, -0.1) is 24.0 Å². The van der Waals surface area contributed by atoms with Gasteiger partial charge in [-0.05, 0) is 34.6 Å². The molecule has 9 heteroatoms. The van der Waals surface area contributed by atoms with Gasteiger partial charge in [-0.25, -0.2) is 8.42 Å². The van der Waals surface area contributed by atoms with Crippen molar-refractivity contribution in [1.82, 2.24) is 16.0 Å². The molecule has 1 amide bonds. The Bertz CT molecular complexity index is 496. The Morgan fingerprint density at radius 2 is 1.59 bits per heavy atom. The van der Waals surface area contributed by atoms with Gasteiger partial charge in [0.2, 0.25) is 5.91 Å². The first-order chi connectivity index (χ1) is 9.28. The van der Waals surface area contributed by atoms with Crippen molar-refractivity contribution in [2.75, 3.05) is 26.4 Å². The number of guanidine groups is 1. The number of carbonyl (C=O) groups excluding carboxylic acids is 1. The van der Waals surface area contributed by atoms with Crippen LogP contribution in [0.2, 0.25) is 0 Å². The largest absolute Gasteiger partial charge is 0.355 e. The standard InChI is InChI=1S/C13H28N4O3S.HI/c1-12(2,3)17-10(18)8-15-11(14-6)16-9-13(4,5)21(7,19)20;/h8-9H2,1-7H3,(H,17,18)(H2,14,15,16);1H. The van der Waals surface area contributed by atoms with Crippen LogP contribution in [0.5, 0.6) is 0 Å². The number of hydrogen-bond acceptors (Lipinski definition) is 4. The average molecular weight is 448 g/mol. The van der Waals surface area contributed by atoms with Crippen molar-refractivity contribution in [3.8, 4) is 0 Å². The van der Waals surface area contributed by atoms with Gasteiger partial charge in [-0.3, -0.25) is 9.79 Å². The van der Waals surface area contributed by atoms with Gasteiger partial charge in [0, 0.05) is 25.4 Å². The van der Waals surface area contributed by atoms with Crippen LogP contribution < -0.4 is 16.0 Å². The van der Waals surface area contributed by atoms with E-state index in [1.807, 2.05) is 20.8 Å². The highest BCUT2D eigenvalue weighted by atomic mass is 127. The SMILES string of the molecule is CN=C(NCC(=O)NC(C)(C)C)NCC(C)(C)S(C)(=O)=O.I. The number of aliphatic imine (C=N–C) groups is 1. The molecule has 0 rings (SSSR count). The van der Waals surface area contributed by atoms with Crippen LogP contribution in [0.25, 0.3) is 0 Å². The van der Waals surface area contributed by atoms with Crippen molar-refractivity contribution in [3.05, 3.63) is 0 Å². The highest BCUT2D eigenvalue weighted by Gasteiger charge is 2.30. The van der Waals surface area contributed by atoms with E-state index in [2.05, 4.69) is 20.9 Å². The monoisotopic (exact) mass is 448 g/mol. The summed E-state index contributed by atoms with van der Waals surface area (Å²) in [4.78, 5) is 15.6. The number of amides is 1. The van der Waals surface area contributed by atoms with E-state index in [9.17, 15) is 13.2 Å². The zero-order valence-corrected chi connectivity index (χ0v) is 17.5. The Morgan fingerprint density at radius 1 is 1.09 bits per heavy atom. The van der Waals surface area contributed by atoms with Crippen LogP contribution in [0.15, 0.2) is 4.99 Å². The maximum atomic E-state index is 11.7. The molecule has 132 valence electrons. The molecule has 0 aliphatic carbocycles. The van der Waals surface area contributed by atoms with E-state index in [-0.39, 0.29) is 48.5 Å². The number of rotatable bonds is 5. The molecule has 0 heterocycles. The minimum absolute atomic E-state index is 0. The molecular formula is C13H29IN4O3S. The zero-order chi connectivity index (χ0) is 16.9. The number of halogens is 1. The van der Waals surface area contributed by atoms with Crippen molar-refractivity contribution in [2.24, 2.45) is 4.99 Å². The Balaban J connectivity index is 0. The van der Waals surface area contributed by atoms with Crippen LogP contribution in [0.4, 0.5) is 0 Å². The Kier molecular flexibility index (Phi) is 9.58. The summed E-state index contributed by atoms with van der Waals surface area (Å²) in [5.41, 5.74) is -0.298. The Labute approximate surface area is 151 Å². The van der Waals surface area contributed by atoms with Gasteiger partial charge in [-0.2, -0.15) is 0 Å². The van der Waals surface area contributed by atoms with Crippen molar-refractivity contribution in [2.45, 2.75) is 44.9 Å². The van der Waals surface area contributed by atoms with Crippen LogP contribution in [0.1, 0.15) is 34.6 Å². The molecule has 3 N–H and O–H groups in total. The molecule has 0 saturated heterocycles. The summed E-state index contributed by atoms with van der Waals surface area (Å²) >= 11 is 0. The third-order valence-corrected chi connectivity index (χ3v) is 4.99. The van der Waals surface area contributed by atoms with E-state index in [4.69, 9.17) is 0 Å². The molecule has 7 nitrogen and oxygen atoms in total. The molecular weight excluding hydrogens is 419 g/mol. The van der Waals surface area contributed by atoms with Gasteiger partial charge in [0.15, 0.2) is 15.8 Å². The number of sulfone groups is 1. The van der Waals surface area contributed by atoms with E-state index >= 15 is 0 Å². The molecule has 0 spiro atoms. The molecule has 22 heavy (non-hydrogen) atoms. The van der Waals surface area contributed by atoms with Crippen molar-refractivity contribution in [3.63, 3.8) is 0 Å². The first-order valence-electron chi connectivity index (χ1n) is 6.73. The van der Waals surface area contributed by atoms with Gasteiger partial charge in [0.25, 0.3) is 0 Å². The summed E-state index contributed by atoms with van der Waals surface area (Å²) < 4.78 is 22.3. The molecule has 0 fully saturated rings. The second-order valence-electron chi connectivity index (χ2n) is 6.61. The Hall–Kier alpha value is -0.580. The van der Waals surface area contributed by atoms with Crippen molar-refractivity contribution in [1.29, 1.82) is 0 Å². The number of hydrogen-bond donors (Lipinski definition) is 3. The summed E-state index contributed by atoms with van der Waals surface area (Å²) in [6, 6.07) is 0. The lowest BCUT2D eigenvalue weighted by molar-refractivity contribution is -0.121. The summed E-state index contributed by atoms with van der Waals surface area (Å²) in [6.07, 6.45) is 1.20.